The molecular formula is C14H19NO3S. The number of rotatable bonds is 6. The van der Waals surface area contributed by atoms with Crippen LogP contribution in [0.2, 0.25) is 0 Å². The molecule has 1 saturated heterocycles. The van der Waals surface area contributed by atoms with Crippen LogP contribution < -0.4 is 14.8 Å². The second kappa shape index (κ2) is 6.03. The number of thioether (sulfide) groups is 1. The van der Waals surface area contributed by atoms with Crippen molar-refractivity contribution in [1.29, 1.82) is 0 Å². The number of hydrogen-bond acceptors (Lipinski definition) is 5. The molecule has 2 aliphatic rings. The zero-order chi connectivity index (χ0) is 13.1. The molecule has 0 bridgehead atoms. The SMILES string of the molecule is CCNC(CSC1COC1)c1ccc2c(c1)OCO2. The van der Waals surface area contributed by atoms with Crippen LogP contribution in [0.1, 0.15) is 18.5 Å². The molecule has 1 aromatic carbocycles. The highest BCUT2D eigenvalue weighted by molar-refractivity contribution is 8.00. The Bertz CT molecular complexity index is 437. The van der Waals surface area contributed by atoms with Crippen LogP contribution in [0.5, 0.6) is 11.5 Å². The van der Waals surface area contributed by atoms with Gasteiger partial charge in [-0.3, -0.25) is 0 Å². The average Bonchev–Trinajstić information content (AvgIpc) is 2.82. The molecule has 1 N–H and O–H groups in total. The van der Waals surface area contributed by atoms with Crippen LogP contribution in [0.15, 0.2) is 18.2 Å². The second-order valence-corrected chi connectivity index (χ2v) is 6.05. The summed E-state index contributed by atoms with van der Waals surface area (Å²) < 4.78 is 16.0. The third-order valence-corrected chi connectivity index (χ3v) is 4.62. The fraction of sp³-hybridized carbons (Fsp3) is 0.571. The smallest absolute Gasteiger partial charge is 0.231 e. The highest BCUT2D eigenvalue weighted by Crippen LogP contribution is 2.35. The maximum Gasteiger partial charge on any atom is 0.231 e. The zero-order valence-electron chi connectivity index (χ0n) is 11.1. The van der Waals surface area contributed by atoms with Crippen molar-refractivity contribution in [2.75, 3.05) is 32.3 Å². The fourth-order valence-electron chi connectivity index (χ4n) is 2.19. The number of nitrogens with one attached hydrogen (secondary N) is 1. The standard InChI is InChI=1S/C14H19NO3S/c1-2-15-12(8-19-11-6-16-7-11)10-3-4-13-14(5-10)18-9-17-13/h3-5,11-12,15H,2,6-9H2,1H3. The molecule has 1 unspecified atom stereocenters. The average molecular weight is 281 g/mol. The van der Waals surface area contributed by atoms with Gasteiger partial charge in [0.2, 0.25) is 6.79 Å². The summed E-state index contributed by atoms with van der Waals surface area (Å²) in [4.78, 5) is 0. The van der Waals surface area contributed by atoms with Crippen molar-refractivity contribution in [2.24, 2.45) is 0 Å². The molecule has 4 nitrogen and oxygen atoms in total. The summed E-state index contributed by atoms with van der Waals surface area (Å²) in [7, 11) is 0. The van der Waals surface area contributed by atoms with Crippen molar-refractivity contribution in [1.82, 2.24) is 5.32 Å². The van der Waals surface area contributed by atoms with E-state index in [2.05, 4.69) is 24.4 Å². The van der Waals surface area contributed by atoms with Crippen LogP contribution in [0.3, 0.4) is 0 Å². The minimum Gasteiger partial charge on any atom is -0.454 e. The van der Waals surface area contributed by atoms with E-state index in [1.807, 2.05) is 17.8 Å². The van der Waals surface area contributed by atoms with Crippen molar-refractivity contribution >= 4 is 11.8 Å². The van der Waals surface area contributed by atoms with E-state index in [9.17, 15) is 0 Å². The first-order chi connectivity index (χ1) is 9.36. The molecule has 5 heteroatoms. The first kappa shape index (κ1) is 13.1. The highest BCUT2D eigenvalue weighted by Gasteiger charge is 2.22. The van der Waals surface area contributed by atoms with Crippen molar-refractivity contribution in [2.45, 2.75) is 18.2 Å². The van der Waals surface area contributed by atoms with Crippen molar-refractivity contribution in [3.8, 4) is 11.5 Å². The first-order valence-corrected chi connectivity index (χ1v) is 7.74. The number of ether oxygens (including phenoxy) is 3. The van der Waals surface area contributed by atoms with Crippen molar-refractivity contribution < 1.29 is 14.2 Å². The van der Waals surface area contributed by atoms with Gasteiger partial charge in [-0.05, 0) is 24.2 Å². The van der Waals surface area contributed by atoms with E-state index in [0.717, 1.165) is 37.0 Å². The number of fused-ring (bicyclic) bond motifs is 1. The van der Waals surface area contributed by atoms with Gasteiger partial charge in [-0.1, -0.05) is 13.0 Å². The van der Waals surface area contributed by atoms with Crippen LogP contribution in [0.4, 0.5) is 0 Å². The van der Waals surface area contributed by atoms with E-state index in [4.69, 9.17) is 14.2 Å². The van der Waals surface area contributed by atoms with Crippen LogP contribution in [-0.4, -0.2) is 37.6 Å². The van der Waals surface area contributed by atoms with Gasteiger partial charge < -0.3 is 19.5 Å². The lowest BCUT2D eigenvalue weighted by atomic mass is 10.1. The molecule has 1 atom stereocenters. The zero-order valence-corrected chi connectivity index (χ0v) is 11.9. The molecule has 0 radical (unpaired) electrons. The van der Waals surface area contributed by atoms with E-state index >= 15 is 0 Å². The number of hydrogen-bond donors (Lipinski definition) is 1. The van der Waals surface area contributed by atoms with Crippen LogP contribution in [-0.2, 0) is 4.74 Å². The van der Waals surface area contributed by atoms with Gasteiger partial charge in [0.05, 0.1) is 18.5 Å². The molecule has 1 fully saturated rings. The lowest BCUT2D eigenvalue weighted by molar-refractivity contribution is 0.0455. The summed E-state index contributed by atoms with van der Waals surface area (Å²) in [5.74, 6) is 2.76. The predicted molar refractivity (Wildman–Crippen MR) is 76.0 cm³/mol. The minimum atomic E-state index is 0.332. The molecule has 0 spiro atoms. The van der Waals surface area contributed by atoms with Gasteiger partial charge in [0.25, 0.3) is 0 Å². The fourth-order valence-corrected chi connectivity index (χ4v) is 3.35. The molecule has 2 heterocycles. The maximum atomic E-state index is 5.45. The Balaban J connectivity index is 1.67. The van der Waals surface area contributed by atoms with Crippen LogP contribution >= 0.6 is 11.8 Å². The van der Waals surface area contributed by atoms with E-state index in [1.54, 1.807) is 0 Å². The highest BCUT2D eigenvalue weighted by atomic mass is 32.2. The Morgan fingerprint density at radius 3 is 2.89 bits per heavy atom. The van der Waals surface area contributed by atoms with Crippen LogP contribution in [0.25, 0.3) is 0 Å². The molecule has 3 rings (SSSR count). The Kier molecular flexibility index (Phi) is 4.15. The van der Waals surface area contributed by atoms with Gasteiger partial charge in [0.1, 0.15) is 0 Å². The summed E-state index contributed by atoms with van der Waals surface area (Å²) in [6.07, 6.45) is 0. The van der Waals surface area contributed by atoms with E-state index < -0.39 is 0 Å². The van der Waals surface area contributed by atoms with Gasteiger partial charge in [0, 0.05) is 11.8 Å². The molecule has 0 saturated carbocycles. The molecule has 1 aromatic rings. The lowest BCUT2D eigenvalue weighted by Gasteiger charge is -2.27. The summed E-state index contributed by atoms with van der Waals surface area (Å²) in [5.41, 5.74) is 1.26. The summed E-state index contributed by atoms with van der Waals surface area (Å²) in [6.45, 7) is 5.21. The lowest BCUT2D eigenvalue weighted by Crippen LogP contribution is -2.32. The van der Waals surface area contributed by atoms with E-state index in [1.165, 1.54) is 5.56 Å². The van der Waals surface area contributed by atoms with Gasteiger partial charge in [-0.2, -0.15) is 11.8 Å². The largest absolute Gasteiger partial charge is 0.454 e. The molecule has 19 heavy (non-hydrogen) atoms. The molecule has 0 aromatic heterocycles. The van der Waals surface area contributed by atoms with Gasteiger partial charge in [-0.25, -0.2) is 0 Å². The summed E-state index contributed by atoms with van der Waals surface area (Å²) >= 11 is 1.98. The van der Waals surface area contributed by atoms with Crippen molar-refractivity contribution in [3.05, 3.63) is 23.8 Å². The molecule has 2 aliphatic heterocycles. The molecule has 104 valence electrons. The third kappa shape index (κ3) is 2.99. The Labute approximate surface area is 117 Å². The number of benzene rings is 1. The summed E-state index contributed by atoms with van der Waals surface area (Å²) in [5, 5.41) is 4.20. The van der Waals surface area contributed by atoms with Crippen molar-refractivity contribution in [3.63, 3.8) is 0 Å². The van der Waals surface area contributed by atoms with E-state index in [-0.39, 0.29) is 0 Å². The minimum absolute atomic E-state index is 0.332. The Morgan fingerprint density at radius 1 is 1.32 bits per heavy atom. The normalized spacial score (nSPS) is 19.2. The Morgan fingerprint density at radius 2 is 2.16 bits per heavy atom. The van der Waals surface area contributed by atoms with Gasteiger partial charge in [0.15, 0.2) is 11.5 Å². The monoisotopic (exact) mass is 281 g/mol. The molecule has 0 aliphatic carbocycles. The molecule has 0 amide bonds. The third-order valence-electron chi connectivity index (χ3n) is 3.36. The second-order valence-electron chi connectivity index (χ2n) is 4.72. The maximum absolute atomic E-state index is 5.45. The Hall–Kier alpha value is -0.910. The molecular weight excluding hydrogens is 262 g/mol. The predicted octanol–water partition coefficient (Wildman–Crippen LogP) is 2.20. The summed E-state index contributed by atoms with van der Waals surface area (Å²) in [6, 6.07) is 6.57. The van der Waals surface area contributed by atoms with Gasteiger partial charge >= 0.3 is 0 Å². The quantitative estimate of drug-likeness (QED) is 0.865. The van der Waals surface area contributed by atoms with Gasteiger partial charge in [-0.15, -0.1) is 0 Å². The van der Waals surface area contributed by atoms with Crippen LogP contribution in [0, 0.1) is 0 Å². The first-order valence-electron chi connectivity index (χ1n) is 6.69. The van der Waals surface area contributed by atoms with E-state index in [0.29, 0.717) is 18.1 Å². The topological polar surface area (TPSA) is 39.7 Å².